The summed E-state index contributed by atoms with van der Waals surface area (Å²) in [5.41, 5.74) is 2.97. The minimum Gasteiger partial charge on any atom is -0.772 e. The smallest absolute Gasteiger partial charge is 0.262 e. The summed E-state index contributed by atoms with van der Waals surface area (Å²) in [6.07, 6.45) is 5.00. The second-order valence-electron chi connectivity index (χ2n) is 10.9. The maximum Gasteiger partial charge on any atom is 0.262 e. The van der Waals surface area contributed by atoms with Gasteiger partial charge in [-0.25, -0.2) is 13.4 Å². The molecule has 222 valence electrons. The van der Waals surface area contributed by atoms with Crippen LogP contribution in [0.5, 0.6) is 0 Å². The number of likely N-dealkylation sites (tertiary alicyclic amines) is 1. The molecule has 2 aromatic carbocycles. The highest BCUT2D eigenvalue weighted by Gasteiger charge is 2.20. The number of aromatic nitrogens is 2. The van der Waals surface area contributed by atoms with E-state index in [4.69, 9.17) is 4.98 Å². The highest BCUT2D eigenvalue weighted by atomic mass is 32.2. The van der Waals surface area contributed by atoms with Crippen molar-refractivity contribution in [2.24, 2.45) is 0 Å². The van der Waals surface area contributed by atoms with Crippen molar-refractivity contribution in [3.05, 3.63) is 82.8 Å². The van der Waals surface area contributed by atoms with Gasteiger partial charge in [-0.15, -0.1) is 0 Å². The summed E-state index contributed by atoms with van der Waals surface area (Å²) in [7, 11) is -3.35. The summed E-state index contributed by atoms with van der Waals surface area (Å²) in [4.78, 5) is 21.1. The minimum absolute atomic E-state index is 0.0184. The Balaban J connectivity index is 1.53. The first-order valence-corrected chi connectivity index (χ1v) is 17.1. The number of fused-ring (bicyclic) bond motifs is 1. The maximum atomic E-state index is 13.6. The lowest BCUT2D eigenvalue weighted by atomic mass is 9.89. The topological polar surface area (TPSA) is 124 Å². The first kappa shape index (κ1) is 30.1. The Kier molecular flexibility index (Phi) is 8.93. The molecule has 2 atom stereocenters. The van der Waals surface area contributed by atoms with Crippen LogP contribution in [0.3, 0.4) is 0 Å². The van der Waals surface area contributed by atoms with Gasteiger partial charge < -0.3 is 19.3 Å². The number of hydrogen-bond acceptors (Lipinski definition) is 8. The van der Waals surface area contributed by atoms with Crippen molar-refractivity contribution < 1.29 is 17.2 Å². The van der Waals surface area contributed by atoms with E-state index in [0.717, 1.165) is 44.4 Å². The molecule has 0 amide bonds. The van der Waals surface area contributed by atoms with E-state index in [1.807, 2.05) is 12.1 Å². The van der Waals surface area contributed by atoms with Crippen molar-refractivity contribution in [1.29, 1.82) is 0 Å². The molecule has 11 heteroatoms. The molecule has 0 aliphatic carbocycles. The van der Waals surface area contributed by atoms with Crippen molar-refractivity contribution in [2.45, 2.75) is 49.3 Å². The molecule has 1 aliphatic rings. The molecule has 0 spiro atoms. The van der Waals surface area contributed by atoms with Crippen molar-refractivity contribution in [3.63, 3.8) is 0 Å². The molecule has 0 saturated carbocycles. The van der Waals surface area contributed by atoms with Gasteiger partial charge in [0.2, 0.25) is 0 Å². The lowest BCUT2D eigenvalue weighted by molar-refractivity contribution is 0.222. The van der Waals surface area contributed by atoms with Crippen LogP contribution in [-0.4, -0.2) is 62.8 Å². The van der Waals surface area contributed by atoms with E-state index >= 15 is 0 Å². The van der Waals surface area contributed by atoms with Gasteiger partial charge in [0.25, 0.3) is 5.56 Å². The third-order valence-electron chi connectivity index (χ3n) is 8.00. The van der Waals surface area contributed by atoms with Crippen LogP contribution in [0.4, 0.5) is 11.5 Å². The van der Waals surface area contributed by atoms with E-state index in [1.165, 1.54) is 22.3 Å². The van der Waals surface area contributed by atoms with E-state index in [-0.39, 0.29) is 17.0 Å². The van der Waals surface area contributed by atoms with Crippen LogP contribution < -0.4 is 10.9 Å². The maximum absolute atomic E-state index is 13.6. The highest BCUT2D eigenvalue weighted by Crippen LogP contribution is 2.31. The largest absolute Gasteiger partial charge is 0.772 e. The zero-order valence-corrected chi connectivity index (χ0v) is 25.6. The quantitative estimate of drug-likeness (QED) is 0.272. The summed E-state index contributed by atoms with van der Waals surface area (Å²) in [6, 6.07) is 18.2. The Bertz CT molecular complexity index is 1760. The van der Waals surface area contributed by atoms with Crippen LogP contribution in [-0.2, 0) is 27.5 Å². The second-order valence-corrected chi connectivity index (χ2v) is 14.3. The minimum atomic E-state index is -3.35. The third kappa shape index (κ3) is 6.64. The van der Waals surface area contributed by atoms with Crippen LogP contribution in [0.15, 0.2) is 76.6 Å². The zero-order chi connectivity index (χ0) is 30.0. The molecule has 1 N–H and O–H groups in total. The summed E-state index contributed by atoms with van der Waals surface area (Å²) in [5.74, 6) is 0.855. The fraction of sp³-hybridized carbons (Fsp3) is 0.355. The Morgan fingerprint density at radius 2 is 1.74 bits per heavy atom. The summed E-state index contributed by atoms with van der Waals surface area (Å²) in [6.45, 7) is 7.03. The first-order chi connectivity index (χ1) is 20.0. The number of nitrogens with one attached hydrogen (secondary N) is 1. The van der Waals surface area contributed by atoms with Gasteiger partial charge in [-0.3, -0.25) is 9.00 Å². The van der Waals surface area contributed by atoms with Gasteiger partial charge in [0.05, 0.1) is 16.0 Å². The predicted octanol–water partition coefficient (Wildman–Crippen LogP) is 4.68. The average molecular weight is 608 g/mol. The van der Waals surface area contributed by atoms with Gasteiger partial charge in [-0.2, -0.15) is 0 Å². The number of anilines is 2. The highest BCUT2D eigenvalue weighted by molar-refractivity contribution is 7.90. The van der Waals surface area contributed by atoms with Gasteiger partial charge >= 0.3 is 0 Å². The molecule has 9 nitrogen and oxygen atoms in total. The molecule has 5 rings (SSSR count). The molecule has 1 aliphatic heterocycles. The fourth-order valence-electron chi connectivity index (χ4n) is 5.45. The monoisotopic (exact) mass is 607 g/mol. The number of sulfone groups is 1. The van der Waals surface area contributed by atoms with Crippen LogP contribution in [0.25, 0.3) is 22.0 Å². The number of piperidine rings is 1. The van der Waals surface area contributed by atoms with Crippen molar-refractivity contribution in [3.8, 4) is 11.3 Å². The van der Waals surface area contributed by atoms with E-state index in [1.54, 1.807) is 37.4 Å². The predicted molar refractivity (Wildman–Crippen MR) is 167 cm³/mol. The molecule has 42 heavy (non-hydrogen) atoms. The van der Waals surface area contributed by atoms with E-state index < -0.39 is 26.2 Å². The van der Waals surface area contributed by atoms with Gasteiger partial charge in [-0.1, -0.05) is 49.2 Å². The van der Waals surface area contributed by atoms with Crippen LogP contribution in [0.2, 0.25) is 0 Å². The first-order valence-electron chi connectivity index (χ1n) is 14.1. The summed E-state index contributed by atoms with van der Waals surface area (Å²) in [5, 5.41) is 3.56. The number of nitrogens with zero attached hydrogens (tertiary/aromatic N) is 3. The molecule has 4 aromatic rings. The Morgan fingerprint density at radius 1 is 1.07 bits per heavy atom. The molecular weight excluding hydrogens is 572 g/mol. The van der Waals surface area contributed by atoms with Gasteiger partial charge in [0.15, 0.2) is 9.84 Å². The lowest BCUT2D eigenvalue weighted by Crippen LogP contribution is -2.32. The number of benzene rings is 2. The number of rotatable bonds is 9. The summed E-state index contributed by atoms with van der Waals surface area (Å²) < 4.78 is 48.2. The Morgan fingerprint density at radius 3 is 2.33 bits per heavy atom. The summed E-state index contributed by atoms with van der Waals surface area (Å²) >= 11 is -2.32. The average Bonchev–Trinajstić information content (AvgIpc) is 2.98. The van der Waals surface area contributed by atoms with Crippen molar-refractivity contribution in [2.75, 3.05) is 31.2 Å². The molecule has 2 unspecified atom stereocenters. The molecule has 1 saturated heterocycles. The van der Waals surface area contributed by atoms with Gasteiger partial charge in [0, 0.05) is 35.5 Å². The molecule has 1 fully saturated rings. The third-order valence-corrected chi connectivity index (χ3v) is 9.93. The Labute approximate surface area is 248 Å². The Hall–Kier alpha value is -3.38. The number of hydrogen-bond donors (Lipinski definition) is 1. The lowest BCUT2D eigenvalue weighted by Gasteiger charge is -2.31. The van der Waals surface area contributed by atoms with Crippen LogP contribution in [0.1, 0.15) is 38.2 Å². The molecule has 0 bridgehead atoms. The second kappa shape index (κ2) is 12.5. The van der Waals surface area contributed by atoms with E-state index in [0.29, 0.717) is 33.8 Å². The molecule has 3 heterocycles. The van der Waals surface area contributed by atoms with Crippen LogP contribution in [0, 0.1) is 0 Å². The fourth-order valence-corrected chi connectivity index (χ4v) is 6.37. The van der Waals surface area contributed by atoms with E-state index in [9.17, 15) is 22.0 Å². The molecular formula is C31H35N4O5S2-. The van der Waals surface area contributed by atoms with Crippen molar-refractivity contribution in [1.82, 2.24) is 14.5 Å². The van der Waals surface area contributed by atoms with Gasteiger partial charge in [-0.05, 0) is 85.7 Å². The normalized spacial score (nSPS) is 16.4. The van der Waals surface area contributed by atoms with Crippen LogP contribution >= 0.6 is 0 Å². The number of pyridine rings is 2. The SMILES string of the molecule is CCN1CCC(c2ccc(Nc3nc(-c4ccc(S(C)(=O)=O)cc4)cc4ccn(CC(C)S(=O)[O-])c(=O)c34)cc2)CC1. The zero-order valence-electron chi connectivity index (χ0n) is 23.9. The van der Waals surface area contributed by atoms with E-state index in [2.05, 4.69) is 29.3 Å². The molecule has 0 radical (unpaired) electrons. The standard InChI is InChI=1S/C31H36N4O5S2/c1-4-34-16-13-23(14-17-34)22-5-9-26(10-6-22)32-30-29-25(15-18-35(31(29)36)20-21(2)41(37)38)19-28(33-30)24-7-11-27(12-8-24)42(3,39)40/h5-12,15,18-19,21,23H,4,13-14,16-17,20H2,1-3H3,(H,32,33)(H,37,38)/p-1. The molecule has 2 aromatic heterocycles. The van der Waals surface area contributed by atoms with Gasteiger partial charge in [0.1, 0.15) is 5.82 Å². The van der Waals surface area contributed by atoms with Crippen molar-refractivity contribution >= 4 is 43.2 Å².